The number of allylic oxidation sites excluding steroid dienone is 2. The summed E-state index contributed by atoms with van der Waals surface area (Å²) in [6, 6.07) is 5.65. The van der Waals surface area contributed by atoms with Crippen LogP contribution >= 0.6 is 0 Å². The second kappa shape index (κ2) is 20.0. The quantitative estimate of drug-likeness (QED) is 0.143. The Labute approximate surface area is 227 Å². The summed E-state index contributed by atoms with van der Waals surface area (Å²) >= 11 is 0. The van der Waals surface area contributed by atoms with Crippen LogP contribution in [0.25, 0.3) is 0 Å². The minimum atomic E-state index is -4.38. The van der Waals surface area contributed by atoms with E-state index in [1.807, 2.05) is 0 Å². The van der Waals surface area contributed by atoms with Crippen LogP contribution in [0.1, 0.15) is 96.8 Å². The fraction of sp³-hybridized carbons (Fsp3) is 0.667. The van der Waals surface area contributed by atoms with Gasteiger partial charge in [-0.05, 0) is 56.4 Å². The molecule has 0 fully saturated rings. The number of benzene rings is 1. The number of hydrogen-bond acceptors (Lipinski definition) is 4. The molecule has 0 bridgehead atoms. The topological polar surface area (TPSA) is 66.4 Å². The predicted molar refractivity (Wildman–Crippen MR) is 119 cm³/mol. The minimum absolute atomic E-state index is 0. The van der Waals surface area contributed by atoms with Gasteiger partial charge in [0.25, 0.3) is 0 Å². The Hall–Kier alpha value is 0.306. The summed E-state index contributed by atoms with van der Waals surface area (Å²) in [5, 5.41) is 0. The summed E-state index contributed by atoms with van der Waals surface area (Å²) in [6.07, 6.45) is 22.5. The maximum atomic E-state index is 10.9. The number of ether oxygens (including phenoxy) is 1. The summed E-state index contributed by atoms with van der Waals surface area (Å²) < 4.78 is 38.2. The van der Waals surface area contributed by atoms with Crippen LogP contribution < -0.4 is 56.1 Å². The van der Waals surface area contributed by atoms with E-state index in [-0.39, 0.29) is 56.3 Å². The Morgan fingerprint density at radius 3 is 1.73 bits per heavy atom. The van der Waals surface area contributed by atoms with Crippen LogP contribution in [0.3, 0.4) is 0 Å². The van der Waals surface area contributed by atoms with Crippen molar-refractivity contribution < 1.29 is 69.1 Å². The summed E-state index contributed by atoms with van der Waals surface area (Å²) in [5.74, 6) is 0.602. The molecule has 0 radical (unpaired) electrons. The SMILES string of the molecule is CCCCCCCCC=CCCCCCCCCOc1ccc(S(=O)(=O)[O-])cc1.[K+]. The van der Waals surface area contributed by atoms with Crippen LogP contribution in [0, 0.1) is 0 Å². The molecule has 0 aromatic heterocycles. The van der Waals surface area contributed by atoms with Crippen molar-refractivity contribution in [3.8, 4) is 5.75 Å². The third kappa shape index (κ3) is 16.9. The first kappa shape index (κ1) is 30.3. The van der Waals surface area contributed by atoms with E-state index in [9.17, 15) is 13.0 Å². The van der Waals surface area contributed by atoms with Gasteiger partial charge < -0.3 is 9.29 Å². The van der Waals surface area contributed by atoms with Gasteiger partial charge in [0, 0.05) is 0 Å². The Morgan fingerprint density at radius 1 is 0.767 bits per heavy atom. The van der Waals surface area contributed by atoms with Crippen molar-refractivity contribution >= 4 is 10.1 Å². The molecule has 0 aliphatic heterocycles. The fourth-order valence-electron chi connectivity index (χ4n) is 3.24. The van der Waals surface area contributed by atoms with E-state index >= 15 is 0 Å². The van der Waals surface area contributed by atoms with Crippen LogP contribution in [0.4, 0.5) is 0 Å². The van der Waals surface area contributed by atoms with Gasteiger partial charge >= 0.3 is 51.4 Å². The monoisotopic (exact) mass is 462 g/mol. The van der Waals surface area contributed by atoms with Crippen LogP contribution in [-0.4, -0.2) is 19.6 Å². The Kier molecular flexibility index (Phi) is 20.2. The normalized spacial score (nSPS) is 11.5. The second-order valence-corrected chi connectivity index (χ2v) is 9.09. The van der Waals surface area contributed by atoms with Gasteiger partial charge in [0.2, 0.25) is 0 Å². The first-order valence-corrected chi connectivity index (χ1v) is 12.8. The zero-order valence-corrected chi connectivity index (χ0v) is 23.1. The third-order valence-electron chi connectivity index (χ3n) is 5.04. The van der Waals surface area contributed by atoms with Gasteiger partial charge in [-0.3, -0.25) is 0 Å². The molecule has 0 spiro atoms. The molecular formula is C24H39KO4S. The predicted octanol–water partition coefficient (Wildman–Crippen LogP) is 4.01. The van der Waals surface area contributed by atoms with Gasteiger partial charge in [0.1, 0.15) is 15.9 Å². The van der Waals surface area contributed by atoms with Gasteiger partial charge in [-0.25, -0.2) is 8.42 Å². The van der Waals surface area contributed by atoms with E-state index in [2.05, 4.69) is 19.1 Å². The van der Waals surface area contributed by atoms with Crippen LogP contribution in [0.15, 0.2) is 41.3 Å². The van der Waals surface area contributed by atoms with Crippen molar-refractivity contribution in [2.75, 3.05) is 6.61 Å². The molecule has 6 heteroatoms. The standard InChI is InChI=1S/C24H40O4S.K/c1-2-3-4-5-6-7-8-9-10-11-12-13-14-15-16-17-22-28-23-18-20-24(21-19-23)29(25,26)27;/h9-10,18-21H,2-8,11-17,22H2,1H3,(H,25,26,27);/q;+1/p-1. The largest absolute Gasteiger partial charge is 1.00 e. The zero-order valence-electron chi connectivity index (χ0n) is 19.1. The summed E-state index contributed by atoms with van der Waals surface area (Å²) in [7, 11) is -4.38. The van der Waals surface area contributed by atoms with Gasteiger partial charge in [-0.1, -0.05) is 76.9 Å². The van der Waals surface area contributed by atoms with E-state index in [1.165, 1.54) is 101 Å². The molecule has 0 aliphatic rings. The molecule has 166 valence electrons. The molecule has 1 rings (SSSR count). The molecule has 4 nitrogen and oxygen atoms in total. The molecular weight excluding hydrogens is 423 g/mol. The van der Waals surface area contributed by atoms with Crippen LogP contribution in [-0.2, 0) is 10.1 Å². The Morgan fingerprint density at radius 2 is 1.23 bits per heavy atom. The van der Waals surface area contributed by atoms with E-state index in [4.69, 9.17) is 4.74 Å². The average Bonchev–Trinajstić information content (AvgIpc) is 2.70. The summed E-state index contributed by atoms with van der Waals surface area (Å²) in [5.41, 5.74) is 0. The number of unbranched alkanes of at least 4 members (excludes halogenated alkanes) is 12. The first-order chi connectivity index (χ1) is 14.0. The minimum Gasteiger partial charge on any atom is -0.744 e. The van der Waals surface area contributed by atoms with E-state index < -0.39 is 10.1 Å². The molecule has 30 heavy (non-hydrogen) atoms. The van der Waals surface area contributed by atoms with Crippen molar-refractivity contribution in [2.24, 2.45) is 0 Å². The van der Waals surface area contributed by atoms with Crippen molar-refractivity contribution in [3.05, 3.63) is 36.4 Å². The van der Waals surface area contributed by atoms with Crippen molar-refractivity contribution in [1.29, 1.82) is 0 Å². The molecule has 1 aromatic carbocycles. The van der Waals surface area contributed by atoms with E-state index in [0.717, 1.165) is 12.8 Å². The molecule has 0 amide bonds. The molecule has 0 aliphatic carbocycles. The Bertz CT molecular complexity index is 642. The van der Waals surface area contributed by atoms with Crippen LogP contribution in [0.2, 0.25) is 0 Å². The van der Waals surface area contributed by atoms with Gasteiger partial charge in [0.15, 0.2) is 0 Å². The number of rotatable bonds is 18. The summed E-state index contributed by atoms with van der Waals surface area (Å²) in [4.78, 5) is -0.220. The van der Waals surface area contributed by atoms with Gasteiger partial charge in [-0.15, -0.1) is 0 Å². The van der Waals surface area contributed by atoms with Gasteiger partial charge in [-0.2, -0.15) is 0 Å². The molecule has 0 unspecified atom stereocenters. The van der Waals surface area contributed by atoms with Crippen molar-refractivity contribution in [3.63, 3.8) is 0 Å². The zero-order chi connectivity index (χ0) is 21.2. The molecule has 0 heterocycles. The van der Waals surface area contributed by atoms with Crippen LogP contribution in [0.5, 0.6) is 5.75 Å². The van der Waals surface area contributed by atoms with E-state index in [1.54, 1.807) is 0 Å². The maximum absolute atomic E-state index is 10.9. The first-order valence-electron chi connectivity index (χ1n) is 11.4. The van der Waals surface area contributed by atoms with E-state index in [0.29, 0.717) is 12.4 Å². The average molecular weight is 463 g/mol. The molecule has 0 saturated carbocycles. The Balaban J connectivity index is 0.00000841. The number of hydrogen-bond donors (Lipinski definition) is 0. The second-order valence-electron chi connectivity index (χ2n) is 7.71. The third-order valence-corrected chi connectivity index (χ3v) is 5.89. The fourth-order valence-corrected chi connectivity index (χ4v) is 3.71. The van der Waals surface area contributed by atoms with Crippen molar-refractivity contribution in [2.45, 2.75) is 102 Å². The summed E-state index contributed by atoms with van der Waals surface area (Å²) in [6.45, 7) is 2.88. The van der Waals surface area contributed by atoms with Crippen molar-refractivity contribution in [1.82, 2.24) is 0 Å². The van der Waals surface area contributed by atoms with Gasteiger partial charge in [0.05, 0.1) is 11.5 Å². The maximum Gasteiger partial charge on any atom is 1.00 e. The molecule has 0 atom stereocenters. The smallest absolute Gasteiger partial charge is 0.744 e. The molecule has 1 aromatic rings. The molecule has 0 saturated heterocycles. The molecule has 0 N–H and O–H groups in total.